The Labute approximate surface area is 115 Å². The van der Waals surface area contributed by atoms with Crippen molar-refractivity contribution < 1.29 is 14.7 Å². The van der Waals surface area contributed by atoms with Crippen LogP contribution in [0.1, 0.15) is 37.2 Å². The average Bonchev–Trinajstić information content (AvgIpc) is 3.02. The Kier molecular flexibility index (Phi) is 4.36. The predicted molar refractivity (Wildman–Crippen MR) is 71.0 cm³/mol. The number of rotatable bonds is 6. The first-order chi connectivity index (χ1) is 9.06. The van der Waals surface area contributed by atoms with E-state index >= 15 is 0 Å². The molecule has 2 atom stereocenters. The zero-order valence-corrected chi connectivity index (χ0v) is 11.4. The Hall–Kier alpha value is -1.63. The fourth-order valence-corrected chi connectivity index (χ4v) is 2.58. The number of urea groups is 1. The van der Waals surface area contributed by atoms with Gasteiger partial charge in [-0.1, -0.05) is 0 Å². The quantitative estimate of drug-likeness (QED) is 0.742. The summed E-state index contributed by atoms with van der Waals surface area (Å²) in [5, 5.41) is 17.0. The highest BCUT2D eigenvalue weighted by Crippen LogP contribution is 2.34. The smallest absolute Gasteiger partial charge is 0.315 e. The molecule has 0 spiro atoms. The van der Waals surface area contributed by atoms with E-state index in [1.165, 1.54) is 11.3 Å². The third-order valence-corrected chi connectivity index (χ3v) is 4.03. The number of carboxylic acid groups (broad SMARTS) is 1. The number of amides is 2. The van der Waals surface area contributed by atoms with Crippen LogP contribution in [0.4, 0.5) is 4.79 Å². The van der Waals surface area contributed by atoms with E-state index in [1.54, 1.807) is 6.20 Å². The van der Waals surface area contributed by atoms with Gasteiger partial charge in [0.05, 0.1) is 12.5 Å². The van der Waals surface area contributed by atoms with Gasteiger partial charge in [0.2, 0.25) is 0 Å². The molecule has 2 amide bonds. The lowest BCUT2D eigenvalue weighted by atomic mass is 10.1. The number of aliphatic carboxylic acids is 1. The maximum Gasteiger partial charge on any atom is 0.315 e. The molecule has 1 fully saturated rings. The van der Waals surface area contributed by atoms with Crippen molar-refractivity contribution in [3.63, 3.8) is 0 Å². The molecule has 104 valence electrons. The standard InChI is InChI=1S/C12H17N3O3S/c1-7(11-13-4-5-19-11)14-12(18)15-9(6-10(16)17)8-2-3-8/h4-5,7-9H,2-3,6H2,1H3,(H,16,17)(H2,14,15,18). The molecule has 1 saturated carbocycles. The zero-order chi connectivity index (χ0) is 13.8. The van der Waals surface area contributed by atoms with Gasteiger partial charge in [-0.3, -0.25) is 4.79 Å². The molecule has 6 nitrogen and oxygen atoms in total. The Bertz CT molecular complexity index is 445. The monoisotopic (exact) mass is 283 g/mol. The highest BCUT2D eigenvalue weighted by molar-refractivity contribution is 7.09. The molecule has 7 heteroatoms. The molecule has 0 saturated heterocycles. The van der Waals surface area contributed by atoms with Crippen LogP contribution in [0.5, 0.6) is 0 Å². The maximum atomic E-state index is 11.8. The second-order valence-electron chi connectivity index (χ2n) is 4.75. The summed E-state index contributed by atoms with van der Waals surface area (Å²) in [6, 6.07) is -0.786. The third-order valence-electron chi connectivity index (χ3n) is 3.07. The van der Waals surface area contributed by atoms with E-state index in [4.69, 9.17) is 5.11 Å². The highest BCUT2D eigenvalue weighted by Gasteiger charge is 2.33. The van der Waals surface area contributed by atoms with Crippen molar-refractivity contribution in [3.8, 4) is 0 Å². The number of carboxylic acids is 1. The summed E-state index contributed by atoms with van der Waals surface area (Å²) in [5.41, 5.74) is 0. The Morgan fingerprint density at radius 3 is 2.79 bits per heavy atom. The number of carbonyl (C=O) groups is 2. The van der Waals surface area contributed by atoms with Gasteiger partial charge >= 0.3 is 12.0 Å². The molecule has 0 radical (unpaired) electrons. The van der Waals surface area contributed by atoms with Gasteiger partial charge in [0.25, 0.3) is 0 Å². The third kappa shape index (κ3) is 4.20. The number of carbonyl (C=O) groups excluding carboxylic acids is 1. The summed E-state index contributed by atoms with van der Waals surface area (Å²) >= 11 is 1.47. The van der Waals surface area contributed by atoms with Crippen molar-refractivity contribution in [2.75, 3.05) is 0 Å². The summed E-state index contributed by atoms with van der Waals surface area (Å²) in [6.07, 6.45) is 3.64. The van der Waals surface area contributed by atoms with Crippen LogP contribution in [0.25, 0.3) is 0 Å². The average molecular weight is 283 g/mol. The molecule has 0 aliphatic heterocycles. The summed E-state index contributed by atoms with van der Waals surface area (Å²) in [6.45, 7) is 1.85. The second kappa shape index (κ2) is 6.01. The van der Waals surface area contributed by atoms with Crippen LogP contribution in [0.2, 0.25) is 0 Å². The van der Waals surface area contributed by atoms with Crippen LogP contribution in [0.3, 0.4) is 0 Å². The van der Waals surface area contributed by atoms with Crippen molar-refractivity contribution >= 4 is 23.3 Å². The topological polar surface area (TPSA) is 91.3 Å². The van der Waals surface area contributed by atoms with E-state index in [0.717, 1.165) is 17.8 Å². The van der Waals surface area contributed by atoms with Crippen LogP contribution in [-0.2, 0) is 4.79 Å². The van der Waals surface area contributed by atoms with E-state index in [2.05, 4.69) is 15.6 Å². The Balaban J connectivity index is 1.83. The van der Waals surface area contributed by atoms with Crippen molar-refractivity contribution in [1.29, 1.82) is 0 Å². The number of hydrogen-bond donors (Lipinski definition) is 3. The van der Waals surface area contributed by atoms with Crippen molar-refractivity contribution in [2.45, 2.75) is 38.3 Å². The van der Waals surface area contributed by atoms with Crippen LogP contribution >= 0.6 is 11.3 Å². The summed E-state index contributed by atoms with van der Waals surface area (Å²) < 4.78 is 0. The van der Waals surface area contributed by atoms with Crippen molar-refractivity contribution in [3.05, 3.63) is 16.6 Å². The minimum absolute atomic E-state index is 0.0241. The SMILES string of the molecule is CC(NC(=O)NC(CC(=O)O)C1CC1)c1nccs1. The Morgan fingerprint density at radius 1 is 1.53 bits per heavy atom. The molecule has 1 aliphatic rings. The van der Waals surface area contributed by atoms with Crippen LogP contribution in [0, 0.1) is 5.92 Å². The summed E-state index contributed by atoms with van der Waals surface area (Å²) in [5.74, 6) is -0.581. The molecule has 1 heterocycles. The first kappa shape index (κ1) is 13.8. The number of nitrogens with one attached hydrogen (secondary N) is 2. The van der Waals surface area contributed by atoms with Gasteiger partial charge in [-0.25, -0.2) is 9.78 Å². The van der Waals surface area contributed by atoms with Gasteiger partial charge in [0.15, 0.2) is 0 Å². The van der Waals surface area contributed by atoms with E-state index < -0.39 is 5.97 Å². The van der Waals surface area contributed by atoms with Gasteiger partial charge in [-0.2, -0.15) is 0 Å². The van der Waals surface area contributed by atoms with Gasteiger partial charge in [-0.15, -0.1) is 11.3 Å². The number of hydrogen-bond acceptors (Lipinski definition) is 4. The lowest BCUT2D eigenvalue weighted by molar-refractivity contribution is -0.137. The largest absolute Gasteiger partial charge is 0.481 e. The first-order valence-electron chi connectivity index (χ1n) is 6.24. The maximum absolute atomic E-state index is 11.8. The summed E-state index contributed by atoms with van der Waals surface area (Å²) in [4.78, 5) is 26.7. The molecule has 3 N–H and O–H groups in total. The van der Waals surface area contributed by atoms with Crippen molar-refractivity contribution in [1.82, 2.24) is 15.6 Å². The predicted octanol–water partition coefficient (Wildman–Crippen LogP) is 1.76. The second-order valence-corrected chi connectivity index (χ2v) is 5.68. The number of aromatic nitrogens is 1. The molecular weight excluding hydrogens is 266 g/mol. The minimum Gasteiger partial charge on any atom is -0.481 e. The molecule has 19 heavy (non-hydrogen) atoms. The molecular formula is C12H17N3O3S. The molecule has 1 aliphatic carbocycles. The van der Waals surface area contributed by atoms with Gasteiger partial charge < -0.3 is 15.7 Å². The fraction of sp³-hybridized carbons (Fsp3) is 0.583. The first-order valence-corrected chi connectivity index (χ1v) is 7.12. The van der Waals surface area contributed by atoms with Crippen LogP contribution in [-0.4, -0.2) is 28.1 Å². The molecule has 2 unspecified atom stereocenters. The molecule has 1 aromatic rings. The number of thiazole rings is 1. The molecule has 2 rings (SSSR count). The minimum atomic E-state index is -0.884. The lowest BCUT2D eigenvalue weighted by Crippen LogP contribution is -2.44. The van der Waals surface area contributed by atoms with Crippen LogP contribution in [0.15, 0.2) is 11.6 Å². The fourth-order valence-electron chi connectivity index (χ4n) is 1.94. The van der Waals surface area contributed by atoms with E-state index in [9.17, 15) is 9.59 Å². The van der Waals surface area contributed by atoms with E-state index in [1.807, 2.05) is 12.3 Å². The zero-order valence-electron chi connectivity index (χ0n) is 10.6. The van der Waals surface area contributed by atoms with E-state index in [0.29, 0.717) is 5.92 Å². The lowest BCUT2D eigenvalue weighted by Gasteiger charge is -2.18. The highest BCUT2D eigenvalue weighted by atomic mass is 32.1. The van der Waals surface area contributed by atoms with E-state index in [-0.39, 0.29) is 24.5 Å². The van der Waals surface area contributed by atoms with Crippen LogP contribution < -0.4 is 10.6 Å². The Morgan fingerprint density at radius 2 is 2.26 bits per heavy atom. The van der Waals surface area contributed by atoms with Gasteiger partial charge in [0.1, 0.15) is 5.01 Å². The normalized spacial score (nSPS) is 17.5. The molecule has 0 aromatic carbocycles. The van der Waals surface area contributed by atoms with Crippen molar-refractivity contribution in [2.24, 2.45) is 5.92 Å². The molecule has 1 aromatic heterocycles. The van der Waals surface area contributed by atoms with Gasteiger partial charge in [-0.05, 0) is 25.7 Å². The summed E-state index contributed by atoms with van der Waals surface area (Å²) in [7, 11) is 0. The number of nitrogens with zero attached hydrogens (tertiary/aromatic N) is 1. The molecule has 0 bridgehead atoms. The van der Waals surface area contributed by atoms with Gasteiger partial charge in [0, 0.05) is 17.6 Å².